The summed E-state index contributed by atoms with van der Waals surface area (Å²) in [5.41, 5.74) is 3.80. The summed E-state index contributed by atoms with van der Waals surface area (Å²) in [4.78, 5) is 0. The first kappa shape index (κ1) is 15.1. The molecule has 20 heavy (non-hydrogen) atoms. The van der Waals surface area contributed by atoms with Gasteiger partial charge in [0, 0.05) is 11.1 Å². The molecule has 0 radical (unpaired) electrons. The highest BCUT2D eigenvalue weighted by Crippen LogP contribution is 2.22. The molecule has 0 aliphatic heterocycles. The normalized spacial score (nSPS) is 12.3. The van der Waals surface area contributed by atoms with Crippen LogP contribution in [-0.2, 0) is 6.42 Å². The van der Waals surface area contributed by atoms with E-state index in [0.29, 0.717) is 6.04 Å². The van der Waals surface area contributed by atoms with Gasteiger partial charge in [0.1, 0.15) is 0 Å². The molecule has 106 valence electrons. The highest BCUT2D eigenvalue weighted by molar-refractivity contribution is 6.31. The number of nitrogens with one attached hydrogen (secondary N) is 1. The second-order valence-electron chi connectivity index (χ2n) is 5.14. The van der Waals surface area contributed by atoms with Gasteiger partial charge in [-0.05, 0) is 49.1 Å². The lowest BCUT2D eigenvalue weighted by atomic mass is 9.98. The maximum atomic E-state index is 6.19. The van der Waals surface area contributed by atoms with Crippen molar-refractivity contribution in [1.82, 2.24) is 5.32 Å². The fourth-order valence-corrected chi connectivity index (χ4v) is 2.62. The van der Waals surface area contributed by atoms with Crippen LogP contribution in [-0.4, -0.2) is 6.54 Å². The molecule has 1 N–H and O–H groups in total. The molecule has 0 heterocycles. The minimum atomic E-state index is 0.404. The van der Waals surface area contributed by atoms with E-state index in [9.17, 15) is 0 Å². The summed E-state index contributed by atoms with van der Waals surface area (Å²) >= 11 is 6.19. The minimum absolute atomic E-state index is 0.404. The summed E-state index contributed by atoms with van der Waals surface area (Å²) in [5.74, 6) is 0. The molecule has 2 aromatic rings. The summed E-state index contributed by atoms with van der Waals surface area (Å²) in [6, 6.07) is 17.4. The summed E-state index contributed by atoms with van der Waals surface area (Å²) in [7, 11) is 0. The molecule has 0 bridgehead atoms. The van der Waals surface area contributed by atoms with Crippen LogP contribution in [0.3, 0.4) is 0 Å². The molecule has 0 fully saturated rings. The van der Waals surface area contributed by atoms with Gasteiger partial charge in [0.15, 0.2) is 0 Å². The first-order valence-electron chi connectivity index (χ1n) is 7.24. The molecule has 1 unspecified atom stereocenters. The first-order valence-corrected chi connectivity index (χ1v) is 7.62. The van der Waals surface area contributed by atoms with Crippen LogP contribution < -0.4 is 5.32 Å². The molecule has 0 saturated heterocycles. The van der Waals surface area contributed by atoms with Crippen LogP contribution in [0.5, 0.6) is 0 Å². The van der Waals surface area contributed by atoms with Gasteiger partial charge in [-0.2, -0.15) is 0 Å². The quantitative estimate of drug-likeness (QED) is 0.794. The van der Waals surface area contributed by atoms with Crippen molar-refractivity contribution in [3.63, 3.8) is 0 Å². The van der Waals surface area contributed by atoms with Crippen molar-refractivity contribution in [3.8, 4) is 0 Å². The highest BCUT2D eigenvalue weighted by atomic mass is 35.5. The maximum absolute atomic E-state index is 6.19. The molecule has 2 aromatic carbocycles. The fraction of sp³-hybridized carbons (Fsp3) is 0.333. The monoisotopic (exact) mass is 287 g/mol. The molecular formula is C18H22ClN. The Balaban J connectivity index is 2.03. The van der Waals surface area contributed by atoms with Gasteiger partial charge in [-0.3, -0.25) is 0 Å². The third kappa shape index (κ3) is 4.09. The van der Waals surface area contributed by atoms with Crippen molar-refractivity contribution in [1.29, 1.82) is 0 Å². The van der Waals surface area contributed by atoms with Gasteiger partial charge in [-0.15, -0.1) is 0 Å². The van der Waals surface area contributed by atoms with Gasteiger partial charge in [0.25, 0.3) is 0 Å². The van der Waals surface area contributed by atoms with E-state index >= 15 is 0 Å². The van der Waals surface area contributed by atoms with E-state index in [1.54, 1.807) is 0 Å². The van der Waals surface area contributed by atoms with E-state index in [1.807, 2.05) is 6.92 Å². The molecule has 0 aliphatic rings. The first-order chi connectivity index (χ1) is 9.70. The third-order valence-corrected chi connectivity index (χ3v) is 4.02. The van der Waals surface area contributed by atoms with Crippen molar-refractivity contribution in [2.75, 3.05) is 6.54 Å². The average molecular weight is 288 g/mol. The standard InChI is InChI=1S/C18H22ClN/c1-3-20-18(16-7-5-4-6-8-16)12-11-15-10-9-14(2)17(19)13-15/h4-10,13,18,20H,3,11-12H2,1-2H3. The number of halogens is 1. The van der Waals surface area contributed by atoms with Crippen molar-refractivity contribution < 1.29 is 0 Å². The van der Waals surface area contributed by atoms with Gasteiger partial charge in [0.05, 0.1) is 0 Å². The molecule has 0 saturated carbocycles. The Morgan fingerprint density at radius 2 is 1.85 bits per heavy atom. The van der Waals surface area contributed by atoms with Gasteiger partial charge >= 0.3 is 0 Å². The van der Waals surface area contributed by atoms with Crippen LogP contribution in [0.15, 0.2) is 48.5 Å². The van der Waals surface area contributed by atoms with Gasteiger partial charge in [-0.1, -0.05) is 61.0 Å². The Morgan fingerprint density at radius 1 is 1.10 bits per heavy atom. The fourth-order valence-electron chi connectivity index (χ4n) is 2.42. The number of hydrogen-bond donors (Lipinski definition) is 1. The van der Waals surface area contributed by atoms with E-state index in [1.165, 1.54) is 11.1 Å². The Labute approximate surface area is 127 Å². The topological polar surface area (TPSA) is 12.0 Å². The van der Waals surface area contributed by atoms with Crippen LogP contribution in [0.1, 0.15) is 36.1 Å². The van der Waals surface area contributed by atoms with Crippen LogP contribution in [0.25, 0.3) is 0 Å². The molecule has 0 aliphatic carbocycles. The van der Waals surface area contributed by atoms with Gasteiger partial charge in [0.2, 0.25) is 0 Å². The number of rotatable bonds is 6. The molecule has 2 heteroatoms. The largest absolute Gasteiger partial charge is 0.310 e. The summed E-state index contributed by atoms with van der Waals surface area (Å²) < 4.78 is 0. The van der Waals surface area contributed by atoms with Gasteiger partial charge in [-0.25, -0.2) is 0 Å². The lowest BCUT2D eigenvalue weighted by Crippen LogP contribution is -2.21. The Hall–Kier alpha value is -1.31. The summed E-state index contributed by atoms with van der Waals surface area (Å²) in [5, 5.41) is 4.43. The molecular weight excluding hydrogens is 266 g/mol. The molecule has 2 rings (SSSR count). The number of aryl methyl sites for hydroxylation is 2. The second-order valence-corrected chi connectivity index (χ2v) is 5.55. The van der Waals surface area contributed by atoms with E-state index in [2.05, 4.69) is 60.8 Å². The molecule has 0 aromatic heterocycles. The molecule has 0 amide bonds. The Bertz CT molecular complexity index is 536. The zero-order valence-electron chi connectivity index (χ0n) is 12.2. The van der Waals surface area contributed by atoms with Crippen molar-refractivity contribution in [2.24, 2.45) is 0 Å². The smallest absolute Gasteiger partial charge is 0.0437 e. The SMILES string of the molecule is CCNC(CCc1ccc(C)c(Cl)c1)c1ccccc1. The number of hydrogen-bond acceptors (Lipinski definition) is 1. The van der Waals surface area contributed by atoms with Crippen LogP contribution >= 0.6 is 11.6 Å². The lowest BCUT2D eigenvalue weighted by molar-refractivity contribution is 0.515. The van der Waals surface area contributed by atoms with Crippen LogP contribution in [0.2, 0.25) is 5.02 Å². The summed E-state index contributed by atoms with van der Waals surface area (Å²) in [6.07, 6.45) is 2.11. The van der Waals surface area contributed by atoms with E-state index in [4.69, 9.17) is 11.6 Å². The van der Waals surface area contributed by atoms with Crippen molar-refractivity contribution in [2.45, 2.75) is 32.7 Å². The van der Waals surface area contributed by atoms with Crippen molar-refractivity contribution >= 4 is 11.6 Å². The number of benzene rings is 2. The predicted molar refractivity (Wildman–Crippen MR) is 87.4 cm³/mol. The van der Waals surface area contributed by atoms with Gasteiger partial charge < -0.3 is 5.32 Å². The highest BCUT2D eigenvalue weighted by Gasteiger charge is 2.10. The molecule has 0 spiro atoms. The maximum Gasteiger partial charge on any atom is 0.0437 e. The zero-order valence-corrected chi connectivity index (χ0v) is 13.0. The molecule has 1 nitrogen and oxygen atoms in total. The zero-order chi connectivity index (χ0) is 14.4. The lowest BCUT2D eigenvalue weighted by Gasteiger charge is -2.18. The second kappa shape index (κ2) is 7.47. The van der Waals surface area contributed by atoms with E-state index in [0.717, 1.165) is 30.0 Å². The summed E-state index contributed by atoms with van der Waals surface area (Å²) in [6.45, 7) is 5.17. The van der Waals surface area contributed by atoms with E-state index in [-0.39, 0.29) is 0 Å². The Morgan fingerprint density at radius 3 is 2.50 bits per heavy atom. The minimum Gasteiger partial charge on any atom is -0.310 e. The van der Waals surface area contributed by atoms with Crippen LogP contribution in [0, 0.1) is 6.92 Å². The Kier molecular flexibility index (Phi) is 5.63. The van der Waals surface area contributed by atoms with E-state index < -0.39 is 0 Å². The average Bonchev–Trinajstić information content (AvgIpc) is 2.48. The third-order valence-electron chi connectivity index (χ3n) is 3.61. The van der Waals surface area contributed by atoms with Crippen molar-refractivity contribution in [3.05, 3.63) is 70.2 Å². The predicted octanol–water partition coefficient (Wildman–Crippen LogP) is 4.93. The molecule has 1 atom stereocenters. The van der Waals surface area contributed by atoms with Crippen LogP contribution in [0.4, 0.5) is 0 Å².